The summed E-state index contributed by atoms with van der Waals surface area (Å²) in [6.07, 6.45) is 1.39. The van der Waals surface area contributed by atoms with Gasteiger partial charge >= 0.3 is 0 Å². The van der Waals surface area contributed by atoms with Crippen molar-refractivity contribution in [2.45, 2.75) is 4.90 Å². The van der Waals surface area contributed by atoms with Crippen molar-refractivity contribution in [3.05, 3.63) is 47.2 Å². The average molecular weight is 483 g/mol. The molecule has 0 aliphatic carbocycles. The smallest absolute Gasteiger partial charge is 0.270 e. The average Bonchev–Trinajstić information content (AvgIpc) is 3.32. The van der Waals surface area contributed by atoms with E-state index in [1.807, 2.05) is 18.2 Å². The number of nitrogens with zero attached hydrogens (tertiary/aromatic N) is 3. The highest BCUT2D eigenvalue weighted by molar-refractivity contribution is 7.89. The van der Waals surface area contributed by atoms with Crippen LogP contribution in [-0.2, 0) is 14.8 Å². The zero-order valence-corrected chi connectivity index (χ0v) is 19.3. The number of carbonyl (C=O) groups excluding carboxylic acids is 1. The molecule has 1 aromatic heterocycles. The molecular formula is C21H27ClN4O5S. The maximum Gasteiger partial charge on any atom is 0.270 e. The first kappa shape index (κ1) is 23.1. The van der Waals surface area contributed by atoms with Gasteiger partial charge in [0.1, 0.15) is 22.9 Å². The topological polar surface area (TPSA) is 95.2 Å². The molecule has 0 saturated carbocycles. The normalized spacial score (nSPS) is 18.6. The molecule has 0 radical (unpaired) electrons. The number of morpholine rings is 1. The number of nitrogens with one attached hydrogen (secondary N) is 1. The summed E-state index contributed by atoms with van der Waals surface area (Å²) in [4.78, 5) is 19.8. The quantitative estimate of drug-likeness (QED) is 0.643. The molecular weight excluding hydrogens is 456 g/mol. The van der Waals surface area contributed by atoms with Crippen molar-refractivity contribution in [3.8, 4) is 5.75 Å². The molecule has 32 heavy (non-hydrogen) atoms. The first-order chi connectivity index (χ1) is 15.4. The molecule has 4 rings (SSSR count). The van der Waals surface area contributed by atoms with E-state index in [1.165, 1.54) is 16.6 Å². The summed E-state index contributed by atoms with van der Waals surface area (Å²) in [5.41, 5.74) is 0.285. The van der Waals surface area contributed by atoms with Crippen molar-refractivity contribution in [1.29, 1.82) is 0 Å². The third kappa shape index (κ3) is 5.26. The number of ether oxygens (including phenoxy) is 2. The molecule has 11 heteroatoms. The Labute approximate surface area is 192 Å². The highest BCUT2D eigenvalue weighted by atomic mass is 35.5. The molecule has 3 heterocycles. The number of aromatic amines is 1. The minimum absolute atomic E-state index is 0.109. The summed E-state index contributed by atoms with van der Waals surface area (Å²) in [6.45, 7) is 5.21. The third-order valence-electron chi connectivity index (χ3n) is 5.66. The van der Waals surface area contributed by atoms with E-state index >= 15 is 0 Å². The lowest BCUT2D eigenvalue weighted by Crippen LogP contribution is -2.49. The minimum atomic E-state index is -3.63. The highest BCUT2D eigenvalue weighted by Gasteiger charge is 2.29. The molecule has 0 unspecified atom stereocenters. The van der Waals surface area contributed by atoms with Crippen LogP contribution >= 0.6 is 11.6 Å². The number of halogens is 1. The summed E-state index contributed by atoms with van der Waals surface area (Å²) in [7, 11) is -3.63. The molecule has 2 aliphatic heterocycles. The van der Waals surface area contributed by atoms with Gasteiger partial charge in [0, 0.05) is 52.0 Å². The monoisotopic (exact) mass is 482 g/mol. The lowest BCUT2D eigenvalue weighted by Gasteiger charge is -2.34. The van der Waals surface area contributed by atoms with Crippen molar-refractivity contribution in [3.63, 3.8) is 0 Å². The zero-order valence-electron chi connectivity index (χ0n) is 17.7. The number of carbonyl (C=O) groups is 1. The fourth-order valence-corrected chi connectivity index (χ4v) is 5.37. The van der Waals surface area contributed by atoms with Crippen molar-refractivity contribution in [2.75, 3.05) is 65.6 Å². The van der Waals surface area contributed by atoms with E-state index in [9.17, 15) is 13.2 Å². The number of amides is 1. The summed E-state index contributed by atoms with van der Waals surface area (Å²) < 4.78 is 37.9. The fraction of sp³-hybridized carbons (Fsp3) is 0.476. The first-order valence-electron chi connectivity index (χ1n) is 10.6. The van der Waals surface area contributed by atoms with Crippen LogP contribution in [0.25, 0.3) is 0 Å². The lowest BCUT2D eigenvalue weighted by atomic mass is 10.3. The van der Waals surface area contributed by atoms with E-state index in [4.69, 9.17) is 21.1 Å². The van der Waals surface area contributed by atoms with Crippen molar-refractivity contribution in [2.24, 2.45) is 0 Å². The largest absolute Gasteiger partial charge is 0.491 e. The number of benzene rings is 1. The van der Waals surface area contributed by atoms with E-state index in [0.717, 1.165) is 19.6 Å². The summed E-state index contributed by atoms with van der Waals surface area (Å²) in [5.74, 6) is 0.470. The molecule has 1 aromatic carbocycles. The molecule has 0 atom stereocenters. The second-order valence-corrected chi connectivity index (χ2v) is 10.0. The molecule has 9 nitrogen and oxygen atoms in total. The van der Waals surface area contributed by atoms with Gasteiger partial charge in [0.05, 0.1) is 18.2 Å². The number of H-pyrrole nitrogens is 1. The van der Waals surface area contributed by atoms with E-state index in [1.54, 1.807) is 11.0 Å². The molecule has 1 N–H and O–H groups in total. The lowest BCUT2D eigenvalue weighted by molar-refractivity contribution is 0.0615. The minimum Gasteiger partial charge on any atom is -0.491 e. The Morgan fingerprint density at radius 1 is 1.09 bits per heavy atom. The summed E-state index contributed by atoms with van der Waals surface area (Å²) in [6, 6.07) is 8.79. The van der Waals surface area contributed by atoms with Crippen LogP contribution < -0.4 is 4.74 Å². The molecule has 1 amide bonds. The van der Waals surface area contributed by atoms with Gasteiger partial charge in [-0.25, -0.2) is 8.42 Å². The van der Waals surface area contributed by atoms with E-state index < -0.39 is 10.0 Å². The van der Waals surface area contributed by atoms with Crippen LogP contribution in [0, 0.1) is 0 Å². The predicted octanol–water partition coefficient (Wildman–Crippen LogP) is 1.53. The SMILES string of the molecule is O=C(c1cc(S(=O)(=O)N2CCOCC2)c[nH]1)N1CCN(CCOc2ccccc2Cl)CC1. The van der Waals surface area contributed by atoms with Crippen LogP contribution in [0.2, 0.25) is 5.02 Å². The van der Waals surface area contributed by atoms with Gasteiger partial charge < -0.3 is 19.4 Å². The van der Waals surface area contributed by atoms with Crippen LogP contribution in [-0.4, -0.2) is 99.0 Å². The number of piperazine rings is 1. The number of para-hydroxylation sites is 1. The number of aromatic nitrogens is 1. The number of hydrogen-bond donors (Lipinski definition) is 1. The van der Waals surface area contributed by atoms with Gasteiger partial charge in [0.25, 0.3) is 5.91 Å². The third-order valence-corrected chi connectivity index (χ3v) is 7.84. The number of sulfonamides is 1. The van der Waals surface area contributed by atoms with E-state index in [0.29, 0.717) is 56.8 Å². The maximum atomic E-state index is 12.9. The summed E-state index contributed by atoms with van der Waals surface area (Å²) >= 11 is 6.10. The Hall–Kier alpha value is -2.11. The van der Waals surface area contributed by atoms with Gasteiger partial charge in [-0.15, -0.1) is 0 Å². The van der Waals surface area contributed by atoms with Crippen molar-refractivity contribution in [1.82, 2.24) is 19.1 Å². The highest BCUT2D eigenvalue weighted by Crippen LogP contribution is 2.23. The Kier molecular flexibility index (Phi) is 7.37. The molecule has 174 valence electrons. The van der Waals surface area contributed by atoms with Gasteiger partial charge in [-0.1, -0.05) is 23.7 Å². The van der Waals surface area contributed by atoms with Crippen molar-refractivity contribution >= 4 is 27.5 Å². The standard InChI is InChI=1S/C21H27ClN4O5S/c22-18-3-1-2-4-20(18)31-14-9-24-5-7-25(8-6-24)21(27)19-15-17(16-23-19)32(28,29)26-10-12-30-13-11-26/h1-4,15-16,23H,5-14H2. The molecule has 2 fully saturated rings. The fourth-order valence-electron chi connectivity index (χ4n) is 3.77. The molecule has 2 aromatic rings. The zero-order chi connectivity index (χ0) is 22.6. The van der Waals surface area contributed by atoms with Crippen LogP contribution in [0.5, 0.6) is 5.75 Å². The van der Waals surface area contributed by atoms with E-state index in [2.05, 4.69) is 9.88 Å². The Morgan fingerprint density at radius 2 is 1.81 bits per heavy atom. The molecule has 0 bridgehead atoms. The molecule has 2 saturated heterocycles. The van der Waals surface area contributed by atoms with Gasteiger partial charge in [0.15, 0.2) is 0 Å². The Morgan fingerprint density at radius 3 is 2.53 bits per heavy atom. The second-order valence-electron chi connectivity index (χ2n) is 7.68. The Bertz CT molecular complexity index is 1030. The van der Waals surface area contributed by atoms with Crippen LogP contribution in [0.15, 0.2) is 41.4 Å². The Balaban J connectivity index is 1.27. The predicted molar refractivity (Wildman–Crippen MR) is 120 cm³/mol. The van der Waals surface area contributed by atoms with Gasteiger partial charge in [0.2, 0.25) is 10.0 Å². The van der Waals surface area contributed by atoms with Crippen molar-refractivity contribution < 1.29 is 22.7 Å². The number of hydrogen-bond acceptors (Lipinski definition) is 6. The first-order valence-corrected chi connectivity index (χ1v) is 12.4. The molecule has 2 aliphatic rings. The second kappa shape index (κ2) is 10.2. The molecule has 0 spiro atoms. The maximum absolute atomic E-state index is 12.9. The van der Waals surface area contributed by atoms with Crippen LogP contribution in [0.1, 0.15) is 10.5 Å². The van der Waals surface area contributed by atoms with Gasteiger partial charge in [-0.05, 0) is 18.2 Å². The van der Waals surface area contributed by atoms with Crippen LogP contribution in [0.3, 0.4) is 0 Å². The van der Waals surface area contributed by atoms with E-state index in [-0.39, 0.29) is 16.5 Å². The van der Waals surface area contributed by atoms with Gasteiger partial charge in [-0.2, -0.15) is 4.31 Å². The summed E-state index contributed by atoms with van der Waals surface area (Å²) in [5, 5.41) is 0.587. The van der Waals surface area contributed by atoms with Gasteiger partial charge in [-0.3, -0.25) is 9.69 Å². The van der Waals surface area contributed by atoms with Crippen LogP contribution in [0.4, 0.5) is 0 Å². The number of rotatable bonds is 7.